The Kier molecular flexibility index (Phi) is 7.22. The lowest BCUT2D eigenvalue weighted by Crippen LogP contribution is -2.41. The molecule has 0 aliphatic rings. The minimum absolute atomic E-state index is 0.0430. The number of alkyl halides is 2. The van der Waals surface area contributed by atoms with Gasteiger partial charge in [0, 0.05) is 25.0 Å². The fourth-order valence-corrected chi connectivity index (χ4v) is 1.31. The van der Waals surface area contributed by atoms with Crippen molar-refractivity contribution in [1.82, 2.24) is 10.2 Å². The van der Waals surface area contributed by atoms with Gasteiger partial charge in [-0.05, 0) is 20.8 Å². The van der Waals surface area contributed by atoms with E-state index >= 15 is 0 Å². The number of carbonyl (C=O) groups excluding carboxylic acids is 1. The fraction of sp³-hybridized carbons (Fsp3) is 0.909. The van der Waals surface area contributed by atoms with Gasteiger partial charge in [-0.1, -0.05) is 0 Å². The molecule has 0 saturated heterocycles. The fourth-order valence-electron chi connectivity index (χ4n) is 1.31. The van der Waals surface area contributed by atoms with Crippen molar-refractivity contribution >= 4 is 5.91 Å². The molecular weight excluding hydrogens is 230 g/mol. The van der Waals surface area contributed by atoms with Crippen LogP contribution in [0.25, 0.3) is 0 Å². The molecule has 0 radical (unpaired) electrons. The smallest absolute Gasteiger partial charge is 0.255 e. The molecule has 4 nitrogen and oxygen atoms in total. The molecule has 0 aromatic heterocycles. The van der Waals surface area contributed by atoms with Gasteiger partial charge in [-0.2, -0.15) is 0 Å². The number of carbonyl (C=O) groups is 1. The lowest BCUT2D eigenvalue weighted by Gasteiger charge is -2.24. The summed E-state index contributed by atoms with van der Waals surface area (Å²) in [5.41, 5.74) is -0.106. The first-order valence-electron chi connectivity index (χ1n) is 5.68. The molecule has 0 unspecified atom stereocenters. The number of aliphatic hydroxyl groups excluding tert-OH is 1. The van der Waals surface area contributed by atoms with Gasteiger partial charge in [0.05, 0.1) is 13.2 Å². The first-order chi connectivity index (χ1) is 7.76. The van der Waals surface area contributed by atoms with Crippen molar-refractivity contribution in [3.8, 4) is 0 Å². The Morgan fingerprint density at radius 3 is 2.41 bits per heavy atom. The molecule has 102 valence electrons. The minimum Gasteiger partial charge on any atom is -0.395 e. The van der Waals surface area contributed by atoms with Gasteiger partial charge in [0.15, 0.2) is 0 Å². The molecule has 1 amide bonds. The van der Waals surface area contributed by atoms with Crippen LogP contribution in [0.15, 0.2) is 0 Å². The third-order valence-electron chi connectivity index (χ3n) is 2.08. The summed E-state index contributed by atoms with van der Waals surface area (Å²) in [4.78, 5) is 12.6. The van der Waals surface area contributed by atoms with Crippen molar-refractivity contribution in [2.75, 3.05) is 26.2 Å². The summed E-state index contributed by atoms with van der Waals surface area (Å²) in [6.45, 7) is 5.36. The minimum atomic E-state index is -2.57. The average Bonchev–Trinajstić information content (AvgIpc) is 2.14. The molecule has 0 aliphatic carbocycles. The second-order valence-corrected chi connectivity index (χ2v) is 4.88. The quantitative estimate of drug-likeness (QED) is 0.706. The molecule has 17 heavy (non-hydrogen) atoms. The SMILES string of the molecule is CC(C)(C)NCCC(=O)N(CCO)CC(F)F. The predicted molar refractivity (Wildman–Crippen MR) is 62.0 cm³/mol. The zero-order valence-electron chi connectivity index (χ0n) is 10.7. The number of hydrogen-bond donors (Lipinski definition) is 2. The molecule has 0 saturated carbocycles. The van der Waals surface area contributed by atoms with Crippen LogP contribution in [-0.4, -0.2) is 54.1 Å². The number of nitrogens with zero attached hydrogens (tertiary/aromatic N) is 1. The number of halogens is 2. The molecule has 0 heterocycles. The van der Waals surface area contributed by atoms with E-state index in [1.165, 1.54) is 0 Å². The molecule has 0 aromatic rings. The van der Waals surface area contributed by atoms with Gasteiger partial charge < -0.3 is 15.3 Å². The van der Waals surface area contributed by atoms with E-state index in [4.69, 9.17) is 5.11 Å². The van der Waals surface area contributed by atoms with Gasteiger partial charge in [0.1, 0.15) is 0 Å². The second kappa shape index (κ2) is 7.55. The van der Waals surface area contributed by atoms with Gasteiger partial charge in [0.2, 0.25) is 5.91 Å². The van der Waals surface area contributed by atoms with Crippen molar-refractivity contribution in [2.45, 2.75) is 39.2 Å². The molecular formula is C11H22F2N2O2. The standard InChI is InChI=1S/C11H22F2N2O2/c1-11(2,3)14-5-4-10(17)15(6-7-16)8-9(12)13/h9,14,16H,4-8H2,1-3H3. The van der Waals surface area contributed by atoms with Crippen LogP contribution in [0.1, 0.15) is 27.2 Å². The van der Waals surface area contributed by atoms with Crippen molar-refractivity contribution < 1.29 is 18.7 Å². The highest BCUT2D eigenvalue weighted by atomic mass is 19.3. The Labute approximate surface area is 101 Å². The zero-order chi connectivity index (χ0) is 13.5. The lowest BCUT2D eigenvalue weighted by atomic mass is 10.1. The van der Waals surface area contributed by atoms with E-state index in [-0.39, 0.29) is 31.0 Å². The van der Waals surface area contributed by atoms with Crippen LogP contribution >= 0.6 is 0 Å². The van der Waals surface area contributed by atoms with Gasteiger partial charge in [-0.3, -0.25) is 4.79 Å². The number of amides is 1. The maximum absolute atomic E-state index is 12.2. The topological polar surface area (TPSA) is 52.6 Å². The summed E-state index contributed by atoms with van der Waals surface area (Å²) in [5.74, 6) is -0.365. The summed E-state index contributed by atoms with van der Waals surface area (Å²) >= 11 is 0. The third kappa shape index (κ3) is 9.00. The molecule has 6 heteroatoms. The Bertz CT molecular complexity index is 230. The molecule has 0 aliphatic heterocycles. The van der Waals surface area contributed by atoms with Crippen molar-refractivity contribution in [1.29, 1.82) is 0 Å². The van der Waals surface area contributed by atoms with E-state index in [2.05, 4.69) is 5.32 Å². The van der Waals surface area contributed by atoms with E-state index in [1.54, 1.807) is 0 Å². The van der Waals surface area contributed by atoms with Crippen LogP contribution in [0.2, 0.25) is 0 Å². The molecule has 2 N–H and O–H groups in total. The van der Waals surface area contributed by atoms with Gasteiger partial charge in [-0.15, -0.1) is 0 Å². The average molecular weight is 252 g/mol. The predicted octanol–water partition coefficient (Wildman–Crippen LogP) is 0.851. The Hall–Kier alpha value is -0.750. The zero-order valence-corrected chi connectivity index (χ0v) is 10.7. The monoisotopic (exact) mass is 252 g/mol. The highest BCUT2D eigenvalue weighted by Gasteiger charge is 2.18. The summed E-state index contributed by atoms with van der Waals surface area (Å²) < 4.78 is 24.4. The van der Waals surface area contributed by atoms with Crippen LogP contribution in [0.4, 0.5) is 8.78 Å². The summed E-state index contributed by atoms with van der Waals surface area (Å²) in [7, 11) is 0. The van der Waals surface area contributed by atoms with Crippen LogP contribution in [0, 0.1) is 0 Å². The van der Waals surface area contributed by atoms with E-state index in [0.29, 0.717) is 6.54 Å². The van der Waals surface area contributed by atoms with Crippen LogP contribution in [-0.2, 0) is 4.79 Å². The lowest BCUT2D eigenvalue weighted by molar-refractivity contribution is -0.133. The largest absolute Gasteiger partial charge is 0.395 e. The molecule has 0 fully saturated rings. The first kappa shape index (κ1) is 16.2. The normalized spacial score (nSPS) is 11.9. The van der Waals surface area contributed by atoms with Gasteiger partial charge in [-0.25, -0.2) is 8.78 Å². The summed E-state index contributed by atoms with van der Waals surface area (Å²) in [5, 5.41) is 11.8. The Morgan fingerprint density at radius 2 is 2.00 bits per heavy atom. The maximum Gasteiger partial charge on any atom is 0.255 e. The van der Waals surface area contributed by atoms with E-state index < -0.39 is 13.0 Å². The number of hydrogen-bond acceptors (Lipinski definition) is 3. The summed E-state index contributed by atoms with van der Waals surface area (Å²) in [6, 6.07) is 0. The van der Waals surface area contributed by atoms with Gasteiger partial charge >= 0.3 is 0 Å². The number of nitrogens with one attached hydrogen (secondary N) is 1. The van der Waals surface area contributed by atoms with Crippen LogP contribution in [0.5, 0.6) is 0 Å². The van der Waals surface area contributed by atoms with E-state index in [0.717, 1.165) is 4.90 Å². The number of aliphatic hydroxyl groups is 1. The molecule has 0 spiro atoms. The Morgan fingerprint density at radius 1 is 1.41 bits per heavy atom. The van der Waals surface area contributed by atoms with Crippen LogP contribution in [0.3, 0.4) is 0 Å². The molecule has 0 atom stereocenters. The van der Waals surface area contributed by atoms with Crippen molar-refractivity contribution in [3.05, 3.63) is 0 Å². The summed E-state index contributed by atoms with van der Waals surface area (Å²) in [6.07, 6.45) is -2.41. The van der Waals surface area contributed by atoms with Gasteiger partial charge in [0.25, 0.3) is 6.43 Å². The van der Waals surface area contributed by atoms with Crippen molar-refractivity contribution in [3.63, 3.8) is 0 Å². The van der Waals surface area contributed by atoms with E-state index in [1.807, 2.05) is 20.8 Å². The van der Waals surface area contributed by atoms with E-state index in [9.17, 15) is 13.6 Å². The molecule has 0 bridgehead atoms. The Balaban J connectivity index is 4.05. The van der Waals surface area contributed by atoms with Crippen molar-refractivity contribution in [2.24, 2.45) is 0 Å². The molecule has 0 rings (SSSR count). The first-order valence-corrected chi connectivity index (χ1v) is 5.68. The second-order valence-electron chi connectivity index (χ2n) is 4.88. The highest BCUT2D eigenvalue weighted by Crippen LogP contribution is 2.02. The van der Waals surface area contributed by atoms with Crippen LogP contribution < -0.4 is 5.32 Å². The highest BCUT2D eigenvalue weighted by molar-refractivity contribution is 5.76. The third-order valence-corrected chi connectivity index (χ3v) is 2.08. The maximum atomic E-state index is 12.2. The molecule has 0 aromatic carbocycles. The number of rotatable bonds is 7.